The van der Waals surface area contributed by atoms with Crippen molar-refractivity contribution in [2.24, 2.45) is 7.05 Å². The van der Waals surface area contributed by atoms with E-state index in [2.05, 4.69) is 55.2 Å². The molecular weight excluding hydrogens is 360 g/mol. The van der Waals surface area contributed by atoms with Crippen LogP contribution in [-0.2, 0) is 13.5 Å². The summed E-state index contributed by atoms with van der Waals surface area (Å²) in [7, 11) is 1.86. The fraction of sp³-hybridized carbons (Fsp3) is 0.375. The Labute approximate surface area is 172 Å². The standard InChI is InChI=1S/C24H28N4O/c1-17-6-4-7-19(12-17)14-20-13-18(2)26-22(15-20)21-8-5-10-28(16-21)24(29)23-25-9-11-27(23)3/h4,6-7,9,11-13,15,21H,5,8,10,14,16H2,1-3H3/t21-/m1/s1. The van der Waals surface area contributed by atoms with Crippen molar-refractivity contribution in [1.29, 1.82) is 0 Å². The van der Waals surface area contributed by atoms with E-state index in [-0.39, 0.29) is 11.8 Å². The van der Waals surface area contributed by atoms with Crippen LogP contribution in [0.2, 0.25) is 0 Å². The number of nitrogens with zero attached hydrogens (tertiary/aromatic N) is 4. The second kappa shape index (κ2) is 8.19. The highest BCUT2D eigenvalue weighted by atomic mass is 16.2. The van der Waals surface area contributed by atoms with Gasteiger partial charge in [-0.05, 0) is 56.4 Å². The zero-order valence-electron chi connectivity index (χ0n) is 17.4. The molecule has 0 saturated carbocycles. The Morgan fingerprint density at radius 3 is 2.79 bits per heavy atom. The highest BCUT2D eigenvalue weighted by molar-refractivity contribution is 5.90. The number of rotatable bonds is 4. The number of carbonyl (C=O) groups is 1. The summed E-state index contributed by atoms with van der Waals surface area (Å²) in [5.41, 5.74) is 6.02. The number of aryl methyl sites for hydroxylation is 3. The summed E-state index contributed by atoms with van der Waals surface area (Å²) >= 11 is 0. The van der Waals surface area contributed by atoms with Gasteiger partial charge in [0, 0.05) is 49.8 Å². The van der Waals surface area contributed by atoms with E-state index in [0.29, 0.717) is 12.4 Å². The van der Waals surface area contributed by atoms with Gasteiger partial charge in [0.25, 0.3) is 5.91 Å². The Bertz CT molecular complexity index is 1020. The lowest BCUT2D eigenvalue weighted by atomic mass is 9.92. The van der Waals surface area contributed by atoms with Crippen molar-refractivity contribution in [1.82, 2.24) is 19.4 Å². The molecule has 2 aromatic heterocycles. The molecule has 1 fully saturated rings. The van der Waals surface area contributed by atoms with Crippen LogP contribution in [0.5, 0.6) is 0 Å². The fourth-order valence-corrected chi connectivity index (χ4v) is 4.25. The minimum atomic E-state index is 0.00911. The summed E-state index contributed by atoms with van der Waals surface area (Å²) in [6, 6.07) is 13.1. The van der Waals surface area contributed by atoms with Gasteiger partial charge in [-0.25, -0.2) is 4.98 Å². The van der Waals surface area contributed by atoms with Gasteiger partial charge >= 0.3 is 0 Å². The Morgan fingerprint density at radius 1 is 1.17 bits per heavy atom. The van der Waals surface area contributed by atoms with Crippen LogP contribution in [0.3, 0.4) is 0 Å². The molecule has 5 nitrogen and oxygen atoms in total. The Kier molecular flexibility index (Phi) is 5.47. The van der Waals surface area contributed by atoms with Crippen LogP contribution in [0, 0.1) is 13.8 Å². The van der Waals surface area contributed by atoms with Crippen molar-refractivity contribution in [2.45, 2.75) is 39.0 Å². The number of benzene rings is 1. The number of aromatic nitrogens is 3. The third-order valence-electron chi connectivity index (χ3n) is 5.66. The topological polar surface area (TPSA) is 51.0 Å². The van der Waals surface area contributed by atoms with E-state index in [0.717, 1.165) is 37.2 Å². The molecule has 1 aliphatic rings. The van der Waals surface area contributed by atoms with E-state index in [9.17, 15) is 4.79 Å². The fourth-order valence-electron chi connectivity index (χ4n) is 4.25. The Balaban J connectivity index is 1.53. The van der Waals surface area contributed by atoms with Crippen LogP contribution in [0.15, 0.2) is 48.8 Å². The predicted octanol–water partition coefficient (Wildman–Crippen LogP) is 4.04. The molecule has 1 amide bonds. The van der Waals surface area contributed by atoms with Gasteiger partial charge in [0.15, 0.2) is 5.82 Å². The van der Waals surface area contributed by atoms with Crippen LogP contribution in [0.4, 0.5) is 0 Å². The van der Waals surface area contributed by atoms with E-state index < -0.39 is 0 Å². The number of hydrogen-bond donors (Lipinski definition) is 0. The van der Waals surface area contributed by atoms with E-state index in [1.54, 1.807) is 10.8 Å². The smallest absolute Gasteiger partial charge is 0.289 e. The number of carbonyl (C=O) groups excluding carboxylic acids is 1. The first-order valence-electron chi connectivity index (χ1n) is 10.3. The molecule has 5 heteroatoms. The normalized spacial score (nSPS) is 16.8. The lowest BCUT2D eigenvalue weighted by Crippen LogP contribution is -2.40. The second-order valence-corrected chi connectivity index (χ2v) is 8.16. The maximum atomic E-state index is 12.9. The molecule has 0 N–H and O–H groups in total. The highest BCUT2D eigenvalue weighted by Crippen LogP contribution is 2.28. The van der Waals surface area contributed by atoms with E-state index in [1.165, 1.54) is 16.7 Å². The van der Waals surface area contributed by atoms with Gasteiger partial charge in [-0.1, -0.05) is 29.8 Å². The van der Waals surface area contributed by atoms with Gasteiger partial charge in [0.05, 0.1) is 0 Å². The molecule has 0 spiro atoms. The Morgan fingerprint density at radius 2 is 2.03 bits per heavy atom. The number of pyridine rings is 1. The second-order valence-electron chi connectivity index (χ2n) is 8.16. The number of imidazole rings is 1. The largest absolute Gasteiger partial charge is 0.335 e. The maximum Gasteiger partial charge on any atom is 0.289 e. The van der Waals surface area contributed by atoms with Crippen molar-refractivity contribution < 1.29 is 4.79 Å². The molecule has 4 rings (SSSR count). The zero-order chi connectivity index (χ0) is 20.4. The maximum absolute atomic E-state index is 12.9. The summed E-state index contributed by atoms with van der Waals surface area (Å²) in [6.45, 7) is 5.67. The molecule has 0 bridgehead atoms. The lowest BCUT2D eigenvalue weighted by Gasteiger charge is -2.32. The quantitative estimate of drug-likeness (QED) is 0.678. The van der Waals surface area contributed by atoms with Crippen LogP contribution >= 0.6 is 0 Å². The summed E-state index contributed by atoms with van der Waals surface area (Å²) in [5.74, 6) is 0.780. The molecule has 29 heavy (non-hydrogen) atoms. The molecule has 1 saturated heterocycles. The average Bonchev–Trinajstić information content (AvgIpc) is 3.13. The molecule has 1 aromatic carbocycles. The van der Waals surface area contributed by atoms with Crippen molar-refractivity contribution in [2.75, 3.05) is 13.1 Å². The zero-order valence-corrected chi connectivity index (χ0v) is 17.4. The van der Waals surface area contributed by atoms with E-state index in [1.807, 2.05) is 18.1 Å². The van der Waals surface area contributed by atoms with Gasteiger partial charge in [-0.2, -0.15) is 0 Å². The van der Waals surface area contributed by atoms with Crippen LogP contribution in [0.1, 0.15) is 57.5 Å². The summed E-state index contributed by atoms with van der Waals surface area (Å²) in [4.78, 5) is 23.9. The van der Waals surface area contributed by atoms with Crippen LogP contribution in [0.25, 0.3) is 0 Å². The molecule has 3 aromatic rings. The van der Waals surface area contributed by atoms with Gasteiger partial charge in [-0.3, -0.25) is 9.78 Å². The molecule has 0 radical (unpaired) electrons. The number of hydrogen-bond acceptors (Lipinski definition) is 3. The SMILES string of the molecule is Cc1cccc(Cc2cc(C)nc([C@@H]3CCCN(C(=O)c4nccn4C)C3)c2)c1. The monoisotopic (exact) mass is 388 g/mol. The molecule has 1 aliphatic heterocycles. The molecular formula is C24H28N4O. The van der Waals surface area contributed by atoms with Crippen LogP contribution in [-0.4, -0.2) is 38.4 Å². The lowest BCUT2D eigenvalue weighted by molar-refractivity contribution is 0.0690. The molecule has 1 atom stereocenters. The third kappa shape index (κ3) is 4.39. The van der Waals surface area contributed by atoms with Crippen molar-refractivity contribution in [3.63, 3.8) is 0 Å². The van der Waals surface area contributed by atoms with Gasteiger partial charge in [0.1, 0.15) is 0 Å². The first kappa shape index (κ1) is 19.4. The van der Waals surface area contributed by atoms with Gasteiger partial charge in [-0.15, -0.1) is 0 Å². The number of piperidine rings is 1. The third-order valence-corrected chi connectivity index (χ3v) is 5.66. The van der Waals surface area contributed by atoms with Crippen molar-refractivity contribution >= 4 is 5.91 Å². The first-order chi connectivity index (χ1) is 14.0. The number of amides is 1. The molecule has 3 heterocycles. The molecule has 150 valence electrons. The minimum absolute atomic E-state index is 0.00911. The molecule has 0 unspecified atom stereocenters. The highest BCUT2D eigenvalue weighted by Gasteiger charge is 2.28. The summed E-state index contributed by atoms with van der Waals surface area (Å²) < 4.78 is 1.79. The van der Waals surface area contributed by atoms with Gasteiger partial charge < -0.3 is 9.47 Å². The molecule has 0 aliphatic carbocycles. The summed E-state index contributed by atoms with van der Waals surface area (Å²) in [6.07, 6.45) is 6.44. The van der Waals surface area contributed by atoms with E-state index >= 15 is 0 Å². The number of likely N-dealkylation sites (tertiary alicyclic amines) is 1. The van der Waals surface area contributed by atoms with E-state index in [4.69, 9.17) is 4.98 Å². The average molecular weight is 389 g/mol. The van der Waals surface area contributed by atoms with Gasteiger partial charge in [0.2, 0.25) is 0 Å². The van der Waals surface area contributed by atoms with Crippen LogP contribution < -0.4 is 0 Å². The predicted molar refractivity (Wildman–Crippen MR) is 114 cm³/mol. The summed E-state index contributed by atoms with van der Waals surface area (Å²) in [5, 5.41) is 0. The minimum Gasteiger partial charge on any atom is -0.335 e. The van der Waals surface area contributed by atoms with Crippen molar-refractivity contribution in [3.05, 3.63) is 82.7 Å². The first-order valence-corrected chi connectivity index (χ1v) is 10.3. The van der Waals surface area contributed by atoms with Crippen molar-refractivity contribution in [3.8, 4) is 0 Å². The Hall–Kier alpha value is -2.95.